The van der Waals surface area contributed by atoms with Gasteiger partial charge in [0, 0.05) is 12.2 Å². The first-order valence-electron chi connectivity index (χ1n) is 11.7. The summed E-state index contributed by atoms with van der Waals surface area (Å²) >= 11 is 1.33. The van der Waals surface area contributed by atoms with Crippen molar-refractivity contribution < 1.29 is 4.79 Å². The second-order valence-electron chi connectivity index (χ2n) is 9.52. The lowest BCUT2D eigenvalue weighted by molar-refractivity contribution is -0.115. The fourth-order valence-corrected chi connectivity index (χ4v) is 4.69. The van der Waals surface area contributed by atoms with E-state index in [9.17, 15) is 9.59 Å². The number of carbonyl (C=O) groups excluding carboxylic acids is 1. The first kappa shape index (κ1) is 24.0. The number of benzene rings is 2. The third-order valence-electron chi connectivity index (χ3n) is 5.88. The number of nitrogens with one attached hydrogen (secondary N) is 1. The molecule has 34 heavy (non-hydrogen) atoms. The maximum absolute atomic E-state index is 13.1. The minimum absolute atomic E-state index is 0.0567. The van der Waals surface area contributed by atoms with Crippen molar-refractivity contribution in [3.05, 3.63) is 64.4 Å². The van der Waals surface area contributed by atoms with Gasteiger partial charge in [0.25, 0.3) is 5.56 Å². The number of hydrogen-bond donors (Lipinski definition) is 1. The molecule has 0 saturated carbocycles. The van der Waals surface area contributed by atoms with Crippen LogP contribution in [0.15, 0.2) is 58.5 Å². The second kappa shape index (κ2) is 9.62. The van der Waals surface area contributed by atoms with E-state index in [4.69, 9.17) is 0 Å². The van der Waals surface area contributed by atoms with Gasteiger partial charge in [-0.2, -0.15) is 0 Å². The minimum Gasteiger partial charge on any atom is -0.325 e. The molecule has 4 rings (SSSR count). The van der Waals surface area contributed by atoms with E-state index < -0.39 is 5.25 Å². The molecular weight excluding hydrogens is 446 g/mol. The highest BCUT2D eigenvalue weighted by atomic mass is 32.2. The Kier molecular flexibility index (Phi) is 6.79. The number of anilines is 1. The molecule has 0 aliphatic heterocycles. The van der Waals surface area contributed by atoms with Gasteiger partial charge in [-0.25, -0.2) is 0 Å². The summed E-state index contributed by atoms with van der Waals surface area (Å²) in [5.74, 6) is 0.388. The number of amides is 1. The predicted molar refractivity (Wildman–Crippen MR) is 139 cm³/mol. The van der Waals surface area contributed by atoms with Gasteiger partial charge in [0.05, 0.1) is 16.2 Å². The van der Waals surface area contributed by atoms with E-state index in [1.807, 2.05) is 59.9 Å². The SMILES string of the molecule is CCCCn1c(=O)c2ccccc2n2c(SC(C)C(=O)Nc3ccc(C(C)(C)C)cc3)nnc12. The summed E-state index contributed by atoms with van der Waals surface area (Å²) in [6.07, 6.45) is 1.84. The lowest BCUT2D eigenvalue weighted by atomic mass is 9.87. The summed E-state index contributed by atoms with van der Waals surface area (Å²) in [6.45, 7) is 11.0. The number of fused-ring (bicyclic) bond motifs is 3. The summed E-state index contributed by atoms with van der Waals surface area (Å²) in [5.41, 5.74) is 2.71. The summed E-state index contributed by atoms with van der Waals surface area (Å²) in [4.78, 5) is 26.0. The summed E-state index contributed by atoms with van der Waals surface area (Å²) in [5, 5.41) is 12.5. The Hall–Kier alpha value is -3.13. The molecule has 0 aliphatic rings. The van der Waals surface area contributed by atoms with Crippen LogP contribution in [0.25, 0.3) is 16.7 Å². The van der Waals surface area contributed by atoms with Crippen LogP contribution in [0.2, 0.25) is 0 Å². The van der Waals surface area contributed by atoms with Crippen LogP contribution in [0.1, 0.15) is 53.0 Å². The number of nitrogens with zero attached hydrogens (tertiary/aromatic N) is 4. The maximum Gasteiger partial charge on any atom is 0.262 e. The molecule has 4 aromatic rings. The molecule has 0 radical (unpaired) electrons. The normalized spacial score (nSPS) is 12.9. The molecule has 2 aromatic heterocycles. The molecule has 0 spiro atoms. The van der Waals surface area contributed by atoms with Crippen LogP contribution in [-0.2, 0) is 16.8 Å². The van der Waals surface area contributed by atoms with Gasteiger partial charge in [-0.05, 0) is 48.6 Å². The molecular formula is C26H31N5O2S. The average Bonchev–Trinajstić information content (AvgIpc) is 3.22. The molecule has 1 N–H and O–H groups in total. The molecule has 178 valence electrons. The number of rotatable bonds is 7. The monoisotopic (exact) mass is 477 g/mol. The van der Waals surface area contributed by atoms with E-state index in [0.717, 1.165) is 24.0 Å². The van der Waals surface area contributed by atoms with Gasteiger partial charge in [-0.1, -0.05) is 70.1 Å². The highest BCUT2D eigenvalue weighted by Crippen LogP contribution is 2.27. The first-order valence-corrected chi connectivity index (χ1v) is 12.5. The Bertz CT molecular complexity index is 1380. The van der Waals surface area contributed by atoms with Crippen molar-refractivity contribution >= 4 is 40.0 Å². The van der Waals surface area contributed by atoms with E-state index >= 15 is 0 Å². The van der Waals surface area contributed by atoms with Crippen molar-refractivity contribution in [2.45, 2.75) is 69.8 Å². The maximum atomic E-state index is 13.1. The van der Waals surface area contributed by atoms with Crippen LogP contribution in [0, 0.1) is 0 Å². The number of para-hydroxylation sites is 1. The first-order chi connectivity index (χ1) is 16.2. The van der Waals surface area contributed by atoms with Crippen molar-refractivity contribution in [1.29, 1.82) is 0 Å². The molecule has 8 heteroatoms. The average molecular weight is 478 g/mol. The predicted octanol–water partition coefficient (Wildman–Crippen LogP) is 5.26. The Labute approximate surface area is 203 Å². The largest absolute Gasteiger partial charge is 0.325 e. The van der Waals surface area contributed by atoms with Crippen molar-refractivity contribution in [3.63, 3.8) is 0 Å². The molecule has 1 unspecified atom stereocenters. The van der Waals surface area contributed by atoms with E-state index in [0.29, 0.717) is 22.9 Å². The van der Waals surface area contributed by atoms with Crippen LogP contribution in [0.5, 0.6) is 0 Å². The summed E-state index contributed by atoms with van der Waals surface area (Å²) in [7, 11) is 0. The highest BCUT2D eigenvalue weighted by molar-refractivity contribution is 8.00. The molecule has 7 nitrogen and oxygen atoms in total. The van der Waals surface area contributed by atoms with Gasteiger partial charge in [0.2, 0.25) is 11.7 Å². The van der Waals surface area contributed by atoms with Crippen LogP contribution in [0.4, 0.5) is 5.69 Å². The smallest absolute Gasteiger partial charge is 0.262 e. The standard InChI is InChI=1S/C26H31N5O2S/c1-6-7-16-30-23(33)20-10-8-9-11-21(20)31-24(30)28-29-25(31)34-17(2)22(32)27-19-14-12-18(13-15-19)26(3,4)5/h8-15,17H,6-7,16H2,1-5H3,(H,27,32). The number of thioether (sulfide) groups is 1. The number of carbonyl (C=O) groups is 1. The van der Waals surface area contributed by atoms with E-state index in [1.165, 1.54) is 17.3 Å². The topological polar surface area (TPSA) is 81.3 Å². The van der Waals surface area contributed by atoms with Gasteiger partial charge in [0.15, 0.2) is 5.16 Å². The number of unbranched alkanes of at least 4 members (excludes halogenated alkanes) is 1. The molecule has 1 amide bonds. The summed E-state index contributed by atoms with van der Waals surface area (Å²) < 4.78 is 3.57. The van der Waals surface area contributed by atoms with Crippen molar-refractivity contribution in [3.8, 4) is 0 Å². The number of aryl methyl sites for hydroxylation is 1. The molecule has 1 atom stereocenters. The Morgan fingerprint density at radius 1 is 1.09 bits per heavy atom. The summed E-state index contributed by atoms with van der Waals surface area (Å²) in [6, 6.07) is 15.4. The van der Waals surface area contributed by atoms with Gasteiger partial charge >= 0.3 is 0 Å². The van der Waals surface area contributed by atoms with Crippen LogP contribution >= 0.6 is 11.8 Å². The molecule has 0 bridgehead atoms. The number of hydrogen-bond acceptors (Lipinski definition) is 5. The third-order valence-corrected chi connectivity index (χ3v) is 6.93. The van der Waals surface area contributed by atoms with Crippen molar-refractivity contribution in [2.75, 3.05) is 5.32 Å². The van der Waals surface area contributed by atoms with E-state index in [2.05, 4.69) is 43.2 Å². The Morgan fingerprint density at radius 3 is 2.47 bits per heavy atom. The quantitative estimate of drug-likeness (QED) is 0.367. The van der Waals surface area contributed by atoms with Gasteiger partial charge in [-0.15, -0.1) is 10.2 Å². The molecule has 0 aliphatic carbocycles. The van der Waals surface area contributed by atoms with Crippen molar-refractivity contribution in [1.82, 2.24) is 19.2 Å². The zero-order valence-electron chi connectivity index (χ0n) is 20.3. The molecule has 0 fully saturated rings. The zero-order chi connectivity index (χ0) is 24.5. The van der Waals surface area contributed by atoms with Gasteiger partial charge in [-0.3, -0.25) is 18.6 Å². The second-order valence-corrected chi connectivity index (χ2v) is 10.8. The Balaban J connectivity index is 1.62. The molecule has 2 heterocycles. The number of aromatic nitrogens is 4. The fourth-order valence-electron chi connectivity index (χ4n) is 3.84. The van der Waals surface area contributed by atoms with Gasteiger partial charge < -0.3 is 5.32 Å². The lowest BCUT2D eigenvalue weighted by Crippen LogP contribution is -2.24. The van der Waals surface area contributed by atoms with Gasteiger partial charge in [0.1, 0.15) is 0 Å². The van der Waals surface area contributed by atoms with Crippen LogP contribution < -0.4 is 10.9 Å². The van der Waals surface area contributed by atoms with E-state index in [1.54, 1.807) is 4.57 Å². The lowest BCUT2D eigenvalue weighted by Gasteiger charge is -2.19. The highest BCUT2D eigenvalue weighted by Gasteiger charge is 2.22. The minimum atomic E-state index is -0.413. The van der Waals surface area contributed by atoms with E-state index in [-0.39, 0.29) is 16.9 Å². The molecule has 2 aromatic carbocycles. The third kappa shape index (κ3) is 4.73. The van der Waals surface area contributed by atoms with Crippen LogP contribution in [0.3, 0.4) is 0 Å². The van der Waals surface area contributed by atoms with Crippen molar-refractivity contribution in [2.24, 2.45) is 0 Å². The Morgan fingerprint density at radius 2 is 1.79 bits per heavy atom. The molecule has 0 saturated heterocycles. The fraction of sp³-hybridized carbons (Fsp3) is 0.385. The van der Waals surface area contributed by atoms with Crippen LogP contribution in [-0.4, -0.2) is 30.3 Å². The zero-order valence-corrected chi connectivity index (χ0v) is 21.1.